The lowest BCUT2D eigenvalue weighted by molar-refractivity contribution is 0.940. The van der Waals surface area contributed by atoms with E-state index in [0.29, 0.717) is 0 Å². The normalized spacial score (nSPS) is 9.58. The van der Waals surface area contributed by atoms with Crippen molar-refractivity contribution in [2.75, 3.05) is 0 Å². The minimum absolute atomic E-state index is 1.29. The summed E-state index contributed by atoms with van der Waals surface area (Å²) in [5.41, 5.74) is 5.29. The second-order valence-corrected chi connectivity index (χ2v) is 4.32. The monoisotopic (exact) mass is 251 g/mol. The molecule has 96 valence electrons. The largest absolute Gasteiger partial charge is 0.198 e. The van der Waals surface area contributed by atoms with Crippen molar-refractivity contribution in [1.82, 2.24) is 15.4 Å². The molecule has 0 fully saturated rings. The summed E-state index contributed by atoms with van der Waals surface area (Å²) in [7, 11) is 0. The average Bonchev–Trinajstić information content (AvgIpc) is 3.02. The number of aryl methyl sites for hydroxylation is 2. The predicted molar refractivity (Wildman–Crippen MR) is 77.7 cm³/mol. The number of nitrogens with one attached hydrogen (secondary N) is 1. The number of H-pyrrole nitrogens is 1. The molecule has 0 atom stereocenters. The van der Waals surface area contributed by atoms with E-state index in [1.165, 1.54) is 22.3 Å². The molecule has 19 heavy (non-hydrogen) atoms. The lowest BCUT2D eigenvalue weighted by Crippen LogP contribution is -1.82. The van der Waals surface area contributed by atoms with Crippen molar-refractivity contribution in [3.8, 4) is 11.1 Å². The van der Waals surface area contributed by atoms with Gasteiger partial charge in [-0.2, -0.15) is 15.4 Å². The van der Waals surface area contributed by atoms with Gasteiger partial charge in [0.05, 0.1) is 12.4 Å². The van der Waals surface area contributed by atoms with Crippen LogP contribution in [0.1, 0.15) is 11.1 Å². The molecule has 1 N–H and O–H groups in total. The first-order valence-corrected chi connectivity index (χ1v) is 6.20. The fourth-order valence-electron chi connectivity index (χ4n) is 1.72. The van der Waals surface area contributed by atoms with Crippen LogP contribution in [0.15, 0.2) is 60.9 Å². The van der Waals surface area contributed by atoms with Gasteiger partial charge in [-0.05, 0) is 36.1 Å². The minimum Gasteiger partial charge on any atom is -0.198 e. The fraction of sp³-hybridized carbons (Fsp3) is 0.125. The van der Waals surface area contributed by atoms with Crippen LogP contribution in [0.2, 0.25) is 0 Å². The van der Waals surface area contributed by atoms with Crippen molar-refractivity contribution in [3.05, 3.63) is 72.1 Å². The van der Waals surface area contributed by atoms with E-state index in [-0.39, 0.29) is 0 Å². The molecule has 0 bridgehead atoms. The third kappa shape index (κ3) is 3.78. The van der Waals surface area contributed by atoms with Crippen molar-refractivity contribution in [2.24, 2.45) is 0 Å². The highest BCUT2D eigenvalue weighted by Gasteiger charge is 1.97. The highest BCUT2D eigenvalue weighted by atomic mass is 15.3. The van der Waals surface area contributed by atoms with Gasteiger partial charge in [-0.1, -0.05) is 48.5 Å². The number of nitrogens with zero attached hydrogens (tertiary/aromatic N) is 2. The van der Waals surface area contributed by atoms with Gasteiger partial charge in [0, 0.05) is 0 Å². The van der Waals surface area contributed by atoms with Gasteiger partial charge in [0.1, 0.15) is 0 Å². The molecule has 0 aliphatic heterocycles. The molecule has 0 saturated heterocycles. The quantitative estimate of drug-likeness (QED) is 0.715. The van der Waals surface area contributed by atoms with Gasteiger partial charge in [0.25, 0.3) is 0 Å². The topological polar surface area (TPSA) is 41.6 Å². The van der Waals surface area contributed by atoms with Crippen molar-refractivity contribution in [1.29, 1.82) is 0 Å². The van der Waals surface area contributed by atoms with Crippen LogP contribution in [-0.4, -0.2) is 15.4 Å². The summed E-state index contributed by atoms with van der Waals surface area (Å²) in [4.78, 5) is 0. The molecule has 2 aromatic carbocycles. The zero-order valence-electron chi connectivity index (χ0n) is 11.2. The molecule has 0 aliphatic carbocycles. The highest BCUT2D eigenvalue weighted by molar-refractivity contribution is 5.64. The summed E-state index contributed by atoms with van der Waals surface area (Å²) in [6.45, 7) is 4.30. The molecular weight excluding hydrogens is 234 g/mol. The molecule has 0 radical (unpaired) electrons. The Morgan fingerprint density at radius 2 is 1.42 bits per heavy atom. The second kappa shape index (κ2) is 6.50. The molecule has 3 nitrogen and oxygen atoms in total. The van der Waals surface area contributed by atoms with Crippen LogP contribution in [0, 0.1) is 13.8 Å². The van der Waals surface area contributed by atoms with Crippen molar-refractivity contribution < 1.29 is 0 Å². The van der Waals surface area contributed by atoms with Crippen LogP contribution in [-0.2, 0) is 0 Å². The summed E-state index contributed by atoms with van der Waals surface area (Å²) in [6.07, 6.45) is 3.17. The van der Waals surface area contributed by atoms with E-state index < -0.39 is 0 Å². The van der Waals surface area contributed by atoms with Gasteiger partial charge in [0.2, 0.25) is 0 Å². The Kier molecular flexibility index (Phi) is 4.45. The number of aromatic amines is 1. The third-order valence-electron chi connectivity index (χ3n) is 2.95. The van der Waals surface area contributed by atoms with Crippen molar-refractivity contribution in [2.45, 2.75) is 13.8 Å². The maximum Gasteiger partial charge on any atom is 0.0690 e. The summed E-state index contributed by atoms with van der Waals surface area (Å²) in [5.74, 6) is 0. The maximum absolute atomic E-state index is 3.49. The van der Waals surface area contributed by atoms with Crippen molar-refractivity contribution >= 4 is 0 Å². The van der Waals surface area contributed by atoms with Crippen LogP contribution in [0.4, 0.5) is 0 Å². The van der Waals surface area contributed by atoms with E-state index >= 15 is 0 Å². The first-order valence-electron chi connectivity index (χ1n) is 6.20. The van der Waals surface area contributed by atoms with Gasteiger partial charge in [-0.15, -0.1) is 0 Å². The van der Waals surface area contributed by atoms with E-state index in [2.05, 4.69) is 71.7 Å². The zero-order chi connectivity index (χ0) is 13.5. The molecule has 0 aliphatic rings. The second-order valence-electron chi connectivity index (χ2n) is 4.32. The van der Waals surface area contributed by atoms with E-state index in [4.69, 9.17) is 0 Å². The highest BCUT2D eigenvalue weighted by Crippen LogP contribution is 2.21. The molecule has 3 aromatic rings. The zero-order valence-corrected chi connectivity index (χ0v) is 11.2. The van der Waals surface area contributed by atoms with E-state index in [1.807, 2.05) is 6.07 Å². The number of aromatic nitrogens is 3. The number of benzene rings is 2. The Labute approximate surface area is 113 Å². The number of rotatable bonds is 1. The average molecular weight is 251 g/mol. The summed E-state index contributed by atoms with van der Waals surface area (Å²) >= 11 is 0. The van der Waals surface area contributed by atoms with Crippen LogP contribution in [0.3, 0.4) is 0 Å². The van der Waals surface area contributed by atoms with Gasteiger partial charge in [0.15, 0.2) is 0 Å². The van der Waals surface area contributed by atoms with Gasteiger partial charge < -0.3 is 0 Å². The SMILES string of the molecule is Cc1ccc(-c2ccccc2)cc1C.c1cn[nH]n1. The fourth-order valence-corrected chi connectivity index (χ4v) is 1.72. The molecule has 0 amide bonds. The van der Waals surface area contributed by atoms with Crippen LogP contribution < -0.4 is 0 Å². The molecule has 3 heteroatoms. The van der Waals surface area contributed by atoms with E-state index in [9.17, 15) is 0 Å². The predicted octanol–water partition coefficient (Wildman–Crippen LogP) is 3.78. The van der Waals surface area contributed by atoms with Crippen LogP contribution in [0.25, 0.3) is 11.1 Å². The van der Waals surface area contributed by atoms with Crippen LogP contribution in [0.5, 0.6) is 0 Å². The van der Waals surface area contributed by atoms with Gasteiger partial charge in [-0.25, -0.2) is 0 Å². The van der Waals surface area contributed by atoms with E-state index in [1.54, 1.807) is 12.4 Å². The van der Waals surface area contributed by atoms with E-state index in [0.717, 1.165) is 0 Å². The molecule has 1 aromatic heterocycles. The number of hydrogen-bond donors (Lipinski definition) is 1. The van der Waals surface area contributed by atoms with Gasteiger partial charge in [-0.3, -0.25) is 0 Å². The molecule has 0 unspecified atom stereocenters. The number of hydrogen-bond acceptors (Lipinski definition) is 2. The Morgan fingerprint density at radius 3 is 1.95 bits per heavy atom. The lowest BCUT2D eigenvalue weighted by atomic mass is 10.0. The van der Waals surface area contributed by atoms with Crippen molar-refractivity contribution in [3.63, 3.8) is 0 Å². The molecule has 0 spiro atoms. The summed E-state index contributed by atoms with van der Waals surface area (Å²) in [6, 6.07) is 17.1. The standard InChI is InChI=1S/C14H14.C2H3N3/c1-11-8-9-14(10-12(11)2)13-6-4-3-5-7-13;1-2-4-5-3-1/h3-10H,1-2H3;1-2H,(H,3,4,5). The summed E-state index contributed by atoms with van der Waals surface area (Å²) in [5, 5.41) is 9.33. The summed E-state index contributed by atoms with van der Waals surface area (Å²) < 4.78 is 0. The first kappa shape index (κ1) is 13.0. The molecule has 1 heterocycles. The molecule has 0 saturated carbocycles. The Balaban J connectivity index is 0.000000224. The first-order chi connectivity index (χ1) is 9.27. The Bertz CT molecular complexity index is 584. The Morgan fingerprint density at radius 1 is 0.737 bits per heavy atom. The molecule has 3 rings (SSSR count). The smallest absolute Gasteiger partial charge is 0.0690 e. The Hall–Kier alpha value is -2.42. The maximum atomic E-state index is 3.49. The molecular formula is C16H17N3. The lowest BCUT2D eigenvalue weighted by Gasteiger charge is -2.04. The minimum atomic E-state index is 1.29. The van der Waals surface area contributed by atoms with Crippen LogP contribution >= 0.6 is 0 Å². The third-order valence-corrected chi connectivity index (χ3v) is 2.95. The van der Waals surface area contributed by atoms with Gasteiger partial charge >= 0.3 is 0 Å².